The predicted octanol–water partition coefficient (Wildman–Crippen LogP) is 1.78. The molecular weight excluding hydrogens is 188 g/mol. The maximum Gasteiger partial charge on any atom is 0.0606 e. The Morgan fingerprint density at radius 1 is 1.33 bits per heavy atom. The molecule has 0 unspecified atom stereocenters. The summed E-state index contributed by atoms with van der Waals surface area (Å²) in [5.74, 6) is 0. The average Bonchev–Trinajstić information content (AvgIpc) is 2.11. The van der Waals surface area contributed by atoms with Crippen LogP contribution in [-0.2, 0) is 0 Å². The minimum absolute atomic E-state index is 0.159. The van der Waals surface area contributed by atoms with E-state index in [4.69, 9.17) is 10.8 Å². The predicted molar refractivity (Wildman–Crippen MR) is 65.2 cm³/mol. The number of nitrogens with zero attached hydrogens (tertiary/aromatic N) is 1. The third-order valence-electron chi connectivity index (χ3n) is 2.38. The lowest BCUT2D eigenvalue weighted by atomic mass is 10.1. The number of aliphatic hydroxyl groups excluding tert-OH is 1. The van der Waals surface area contributed by atoms with Gasteiger partial charge in [-0.3, -0.25) is 0 Å². The molecule has 0 heterocycles. The summed E-state index contributed by atoms with van der Waals surface area (Å²) in [7, 11) is 0. The Morgan fingerprint density at radius 3 is 2.47 bits per heavy atom. The first-order chi connectivity index (χ1) is 7.04. The Bertz CT molecular complexity index is 303. The van der Waals surface area contributed by atoms with Gasteiger partial charge < -0.3 is 15.7 Å². The molecule has 0 aliphatic heterocycles. The van der Waals surface area contributed by atoms with Gasteiger partial charge in [-0.05, 0) is 44.5 Å². The van der Waals surface area contributed by atoms with Gasteiger partial charge in [-0.15, -0.1) is 0 Å². The number of aliphatic hydroxyl groups is 1. The van der Waals surface area contributed by atoms with Gasteiger partial charge in [0.1, 0.15) is 0 Å². The van der Waals surface area contributed by atoms with Crippen molar-refractivity contribution in [3.8, 4) is 0 Å². The molecule has 3 heteroatoms. The molecule has 3 N–H and O–H groups in total. The first kappa shape index (κ1) is 11.9. The standard InChI is InChI=1S/C12H20N2O/c1-9(2)14(4-5-15)12-7-10(3)6-11(13)8-12/h6-9,15H,4-5,13H2,1-3H3. The summed E-state index contributed by atoms with van der Waals surface area (Å²) in [6.45, 7) is 7.03. The van der Waals surface area contributed by atoms with Crippen LogP contribution < -0.4 is 10.6 Å². The van der Waals surface area contributed by atoms with Crippen molar-refractivity contribution < 1.29 is 5.11 Å². The minimum atomic E-state index is 0.159. The summed E-state index contributed by atoms with van der Waals surface area (Å²) in [5, 5.41) is 9.01. The highest BCUT2D eigenvalue weighted by Gasteiger charge is 2.10. The highest BCUT2D eigenvalue weighted by Crippen LogP contribution is 2.21. The summed E-state index contributed by atoms with van der Waals surface area (Å²) >= 11 is 0. The molecule has 0 aliphatic carbocycles. The van der Waals surface area contributed by atoms with Gasteiger partial charge in [0.05, 0.1) is 6.61 Å². The van der Waals surface area contributed by atoms with Gasteiger partial charge in [0.15, 0.2) is 0 Å². The van der Waals surface area contributed by atoms with Crippen molar-refractivity contribution in [1.29, 1.82) is 0 Å². The number of rotatable bonds is 4. The molecule has 0 aromatic heterocycles. The number of nitrogens with two attached hydrogens (primary N) is 1. The lowest BCUT2D eigenvalue weighted by Crippen LogP contribution is -2.33. The van der Waals surface area contributed by atoms with Crippen LogP contribution in [0.25, 0.3) is 0 Å². The fourth-order valence-corrected chi connectivity index (χ4v) is 1.75. The van der Waals surface area contributed by atoms with Gasteiger partial charge in [0.2, 0.25) is 0 Å². The Labute approximate surface area is 91.5 Å². The van der Waals surface area contributed by atoms with Crippen LogP contribution >= 0.6 is 0 Å². The van der Waals surface area contributed by atoms with Crippen molar-refractivity contribution in [3.63, 3.8) is 0 Å². The fraction of sp³-hybridized carbons (Fsp3) is 0.500. The zero-order valence-corrected chi connectivity index (χ0v) is 9.70. The first-order valence-corrected chi connectivity index (χ1v) is 5.29. The number of anilines is 2. The molecule has 0 amide bonds. The van der Waals surface area contributed by atoms with Crippen LogP contribution in [0, 0.1) is 6.92 Å². The van der Waals surface area contributed by atoms with E-state index in [2.05, 4.69) is 24.8 Å². The van der Waals surface area contributed by atoms with E-state index in [1.165, 1.54) is 0 Å². The fourth-order valence-electron chi connectivity index (χ4n) is 1.75. The zero-order chi connectivity index (χ0) is 11.4. The van der Waals surface area contributed by atoms with E-state index in [0.717, 1.165) is 16.9 Å². The van der Waals surface area contributed by atoms with Gasteiger partial charge >= 0.3 is 0 Å². The quantitative estimate of drug-likeness (QED) is 0.742. The van der Waals surface area contributed by atoms with Crippen molar-refractivity contribution in [3.05, 3.63) is 23.8 Å². The minimum Gasteiger partial charge on any atom is -0.399 e. The summed E-state index contributed by atoms with van der Waals surface area (Å²) < 4.78 is 0. The molecule has 0 saturated carbocycles. The van der Waals surface area contributed by atoms with Gasteiger partial charge in [0, 0.05) is 24.0 Å². The molecule has 0 saturated heterocycles. The van der Waals surface area contributed by atoms with Crippen LogP contribution in [0.4, 0.5) is 11.4 Å². The Kier molecular flexibility index (Phi) is 3.97. The highest BCUT2D eigenvalue weighted by atomic mass is 16.3. The SMILES string of the molecule is Cc1cc(N)cc(N(CCO)C(C)C)c1. The Hall–Kier alpha value is -1.22. The Morgan fingerprint density at radius 2 is 2.00 bits per heavy atom. The zero-order valence-electron chi connectivity index (χ0n) is 9.70. The second kappa shape index (κ2) is 5.03. The molecule has 0 radical (unpaired) electrons. The van der Waals surface area contributed by atoms with Gasteiger partial charge in [-0.25, -0.2) is 0 Å². The summed E-state index contributed by atoms with van der Waals surface area (Å²) in [4.78, 5) is 2.14. The number of aryl methyl sites for hydroxylation is 1. The van der Waals surface area contributed by atoms with Crippen molar-refractivity contribution in [2.24, 2.45) is 0 Å². The number of benzene rings is 1. The normalized spacial score (nSPS) is 10.7. The van der Waals surface area contributed by atoms with Crippen LogP contribution in [0.1, 0.15) is 19.4 Å². The van der Waals surface area contributed by atoms with E-state index in [1.807, 2.05) is 19.1 Å². The largest absolute Gasteiger partial charge is 0.399 e. The topological polar surface area (TPSA) is 49.5 Å². The second-order valence-corrected chi connectivity index (χ2v) is 4.11. The lowest BCUT2D eigenvalue weighted by molar-refractivity contribution is 0.299. The van der Waals surface area contributed by atoms with E-state index in [-0.39, 0.29) is 6.61 Å². The van der Waals surface area contributed by atoms with Crippen molar-refractivity contribution >= 4 is 11.4 Å². The van der Waals surface area contributed by atoms with E-state index >= 15 is 0 Å². The average molecular weight is 208 g/mol. The lowest BCUT2D eigenvalue weighted by Gasteiger charge is -2.28. The molecule has 15 heavy (non-hydrogen) atoms. The highest BCUT2D eigenvalue weighted by molar-refractivity contribution is 5.58. The molecule has 0 aliphatic rings. The van der Waals surface area contributed by atoms with Crippen LogP contribution in [0.2, 0.25) is 0 Å². The maximum atomic E-state index is 9.01. The van der Waals surface area contributed by atoms with Crippen LogP contribution in [0.3, 0.4) is 0 Å². The maximum absolute atomic E-state index is 9.01. The van der Waals surface area contributed by atoms with Gasteiger partial charge in [-0.2, -0.15) is 0 Å². The summed E-state index contributed by atoms with van der Waals surface area (Å²) in [5.41, 5.74) is 8.80. The molecular formula is C12H20N2O. The molecule has 1 aromatic carbocycles. The van der Waals surface area contributed by atoms with Gasteiger partial charge in [0.25, 0.3) is 0 Å². The second-order valence-electron chi connectivity index (χ2n) is 4.11. The number of nitrogen functional groups attached to an aromatic ring is 1. The van der Waals surface area contributed by atoms with Crippen LogP contribution in [-0.4, -0.2) is 24.3 Å². The molecule has 1 rings (SSSR count). The van der Waals surface area contributed by atoms with Crippen LogP contribution in [0.15, 0.2) is 18.2 Å². The van der Waals surface area contributed by atoms with Crippen molar-refractivity contribution in [1.82, 2.24) is 0 Å². The van der Waals surface area contributed by atoms with Crippen molar-refractivity contribution in [2.75, 3.05) is 23.8 Å². The molecule has 0 atom stereocenters. The molecule has 1 aromatic rings. The molecule has 0 spiro atoms. The number of hydrogen-bond donors (Lipinski definition) is 2. The van der Waals surface area contributed by atoms with E-state index in [0.29, 0.717) is 12.6 Å². The first-order valence-electron chi connectivity index (χ1n) is 5.29. The third-order valence-corrected chi connectivity index (χ3v) is 2.38. The summed E-state index contributed by atoms with van der Waals surface area (Å²) in [6, 6.07) is 6.34. The van der Waals surface area contributed by atoms with E-state index in [1.54, 1.807) is 0 Å². The van der Waals surface area contributed by atoms with Gasteiger partial charge in [-0.1, -0.05) is 0 Å². The smallest absolute Gasteiger partial charge is 0.0606 e. The third kappa shape index (κ3) is 3.13. The molecule has 84 valence electrons. The van der Waals surface area contributed by atoms with Crippen molar-refractivity contribution in [2.45, 2.75) is 26.8 Å². The van der Waals surface area contributed by atoms with Crippen LogP contribution in [0.5, 0.6) is 0 Å². The monoisotopic (exact) mass is 208 g/mol. The Balaban J connectivity index is 2.99. The molecule has 0 bridgehead atoms. The molecule has 0 fully saturated rings. The number of hydrogen-bond acceptors (Lipinski definition) is 3. The van der Waals surface area contributed by atoms with E-state index < -0.39 is 0 Å². The summed E-state index contributed by atoms with van der Waals surface area (Å²) in [6.07, 6.45) is 0. The van der Waals surface area contributed by atoms with E-state index in [9.17, 15) is 0 Å². The molecule has 3 nitrogen and oxygen atoms in total.